The zero-order valence-corrected chi connectivity index (χ0v) is 41.6. The quantitative estimate of drug-likeness (QED) is 0.0678. The standard InChI is InChI=1S/C42H75N7O18S3/c1-43-40(68)44-8-11-49(12-9-45-41(69)47-16-22-20-6-2-4-14-60-36-32(58)28(54)34(24(18-50)64-36)66-38(62-22)30(56)26(20)52)13-10-46-42(70)48-17-23-21-7-3-5-15-61-37-33(59)29(55)35(25(19-51)65-37)67-39(63-23)31(57)27(21)53/h20-39,50-59H,2-19H2,1H3,(H2,43,44,68)(H2,45,47,69)(H2,46,48,70)/t20?,21?,22?,23?,24?,25?,26-,27-,28+,29+,30?,31?,32?,33?,34?,35?,36-,37-,38+,39+/m0/s1. The van der Waals surface area contributed by atoms with E-state index in [1.807, 2.05) is 0 Å². The first-order valence-electron chi connectivity index (χ1n) is 24.2. The van der Waals surface area contributed by atoms with E-state index in [0.29, 0.717) is 93.1 Å². The average Bonchev–Trinajstić information content (AvgIpc) is 3.35. The normalized spacial score (nSPS) is 40.5. The van der Waals surface area contributed by atoms with Crippen molar-refractivity contribution in [2.24, 2.45) is 11.8 Å². The first-order valence-corrected chi connectivity index (χ1v) is 25.4. The first-order chi connectivity index (χ1) is 33.6. The van der Waals surface area contributed by atoms with Crippen LogP contribution in [-0.2, 0) is 37.9 Å². The van der Waals surface area contributed by atoms with Crippen LogP contribution in [-0.4, -0.2) is 268 Å². The Morgan fingerprint density at radius 1 is 0.457 bits per heavy atom. The van der Waals surface area contributed by atoms with Crippen molar-refractivity contribution in [3.63, 3.8) is 0 Å². The van der Waals surface area contributed by atoms with Gasteiger partial charge in [-0.15, -0.1) is 0 Å². The molecule has 16 N–H and O–H groups in total. The molecular formula is C42H75N7O18S3. The second-order valence-electron chi connectivity index (χ2n) is 18.3. The van der Waals surface area contributed by atoms with Crippen LogP contribution < -0.4 is 31.9 Å². The second kappa shape index (κ2) is 28.3. The lowest BCUT2D eigenvalue weighted by Gasteiger charge is -2.47. The number of hydrogen-bond donors (Lipinski definition) is 16. The van der Waals surface area contributed by atoms with Gasteiger partial charge in [-0.25, -0.2) is 0 Å². The molecule has 12 aliphatic rings. The molecule has 0 aliphatic carbocycles. The molecule has 0 aromatic carbocycles. The fourth-order valence-corrected chi connectivity index (χ4v) is 10.1. The lowest BCUT2D eigenvalue weighted by Crippen LogP contribution is -2.64. The minimum atomic E-state index is -1.55. The third kappa shape index (κ3) is 15.2. The summed E-state index contributed by atoms with van der Waals surface area (Å²) in [4.78, 5) is 2.15. The molecule has 0 aromatic heterocycles. The van der Waals surface area contributed by atoms with Crippen LogP contribution in [0.5, 0.6) is 0 Å². The Morgan fingerprint density at radius 3 is 1.21 bits per heavy atom. The minimum Gasteiger partial charge on any atom is -0.394 e. The van der Waals surface area contributed by atoms with E-state index in [-0.39, 0.29) is 26.3 Å². The van der Waals surface area contributed by atoms with Gasteiger partial charge in [-0.05, 0) is 62.3 Å². The number of hydrogen-bond acceptors (Lipinski definition) is 22. The molecule has 25 nitrogen and oxygen atoms in total. The van der Waals surface area contributed by atoms with Gasteiger partial charge in [-0.2, -0.15) is 0 Å². The highest BCUT2D eigenvalue weighted by Crippen LogP contribution is 2.36. The molecule has 0 saturated carbocycles. The van der Waals surface area contributed by atoms with Gasteiger partial charge in [-0.3, -0.25) is 4.90 Å². The predicted molar refractivity (Wildman–Crippen MR) is 257 cm³/mol. The average molecular weight is 1060 g/mol. The molecule has 12 rings (SSSR count). The second-order valence-corrected chi connectivity index (χ2v) is 19.6. The number of aliphatic hydroxyl groups is 10. The predicted octanol–water partition coefficient (Wildman–Crippen LogP) is -6.51. The van der Waals surface area contributed by atoms with Gasteiger partial charge >= 0.3 is 0 Å². The molecule has 8 bridgehead atoms. The van der Waals surface area contributed by atoms with Crippen molar-refractivity contribution in [2.45, 2.75) is 149 Å². The van der Waals surface area contributed by atoms with Crippen molar-refractivity contribution in [3.8, 4) is 0 Å². The highest BCUT2D eigenvalue weighted by atomic mass is 32.1. The Kier molecular flexibility index (Phi) is 23.3. The largest absolute Gasteiger partial charge is 0.394 e. The Labute approximate surface area is 423 Å². The number of ether oxygens (including phenoxy) is 8. The van der Waals surface area contributed by atoms with E-state index in [1.54, 1.807) is 7.05 Å². The highest BCUT2D eigenvalue weighted by Gasteiger charge is 2.53. The van der Waals surface area contributed by atoms with E-state index in [4.69, 9.17) is 74.5 Å². The summed E-state index contributed by atoms with van der Waals surface area (Å²) in [5.41, 5.74) is 0. The maximum absolute atomic E-state index is 11.3. The van der Waals surface area contributed by atoms with Gasteiger partial charge in [0.05, 0.1) is 37.6 Å². The highest BCUT2D eigenvalue weighted by molar-refractivity contribution is 7.80. The minimum absolute atomic E-state index is 0.125. The zero-order valence-electron chi connectivity index (χ0n) is 39.2. The van der Waals surface area contributed by atoms with Crippen molar-refractivity contribution >= 4 is 52.0 Å². The summed E-state index contributed by atoms with van der Waals surface area (Å²) in [6.07, 6.45) is -20.0. The molecule has 0 aromatic rings. The van der Waals surface area contributed by atoms with Crippen LogP contribution in [0.3, 0.4) is 0 Å². The summed E-state index contributed by atoms with van der Waals surface area (Å²) in [5, 5.41) is 128. The number of thiocarbonyl (C=S) groups is 3. The van der Waals surface area contributed by atoms with Crippen LogP contribution >= 0.6 is 36.7 Å². The molecule has 0 amide bonds. The van der Waals surface area contributed by atoms with Crippen molar-refractivity contribution < 1.29 is 89.0 Å². The molecule has 12 fully saturated rings. The third-order valence-electron chi connectivity index (χ3n) is 13.7. The molecule has 404 valence electrons. The van der Waals surface area contributed by atoms with E-state index in [0.717, 1.165) is 0 Å². The molecule has 12 aliphatic heterocycles. The van der Waals surface area contributed by atoms with Gasteiger partial charge in [0.25, 0.3) is 0 Å². The van der Waals surface area contributed by atoms with Crippen molar-refractivity contribution in [3.05, 3.63) is 0 Å². The van der Waals surface area contributed by atoms with Crippen LogP contribution in [0.2, 0.25) is 0 Å². The van der Waals surface area contributed by atoms with Gasteiger partial charge in [0.15, 0.2) is 40.5 Å². The van der Waals surface area contributed by atoms with Crippen molar-refractivity contribution in [1.82, 2.24) is 36.8 Å². The van der Waals surface area contributed by atoms with Crippen molar-refractivity contribution in [2.75, 3.05) is 85.8 Å². The van der Waals surface area contributed by atoms with Crippen molar-refractivity contribution in [1.29, 1.82) is 0 Å². The Morgan fingerprint density at radius 2 is 0.829 bits per heavy atom. The summed E-state index contributed by atoms with van der Waals surface area (Å²) in [6.45, 7) is 2.48. The monoisotopic (exact) mass is 1060 g/mol. The molecule has 12 heterocycles. The number of rotatable bonds is 15. The van der Waals surface area contributed by atoms with Gasteiger partial charge in [0.2, 0.25) is 0 Å². The molecule has 12 saturated heterocycles. The summed E-state index contributed by atoms with van der Waals surface area (Å²) >= 11 is 16.5. The topological polar surface area (TPSA) is 352 Å². The molecule has 0 radical (unpaired) electrons. The van der Waals surface area contributed by atoms with E-state index in [1.165, 1.54) is 0 Å². The number of aliphatic hydroxyl groups excluding tert-OH is 10. The SMILES string of the molecule is CNC(=S)NCCN(CCNC(=S)NCC1O[C@@H]2OC3C(CO)O[C@H](OCCCCC1[C@H](O)C2O)C(O)[C@H]3O)CCNC(=S)NCC1O[C@@H]2OC3C(CO)O[C@H](OCCCCC1[C@H](O)C2O)C(O)[C@H]3O. The molecular weight excluding hydrogens is 987 g/mol. The van der Waals surface area contributed by atoms with E-state index >= 15 is 0 Å². The van der Waals surface area contributed by atoms with Crippen LogP contribution in [0, 0.1) is 11.8 Å². The molecule has 0 spiro atoms. The lowest BCUT2D eigenvalue weighted by atomic mass is 9.84. The number of nitrogens with zero attached hydrogens (tertiary/aromatic N) is 1. The van der Waals surface area contributed by atoms with Gasteiger partial charge in [0.1, 0.15) is 61.0 Å². The van der Waals surface area contributed by atoms with Gasteiger partial charge < -0.3 is 121 Å². The summed E-state index contributed by atoms with van der Waals surface area (Å²) in [6, 6.07) is 0. The maximum Gasteiger partial charge on any atom is 0.186 e. The Bertz CT molecular complexity index is 1530. The fourth-order valence-electron chi connectivity index (χ4n) is 9.62. The summed E-state index contributed by atoms with van der Waals surface area (Å²) in [7, 11) is 1.72. The van der Waals surface area contributed by atoms with Crippen LogP contribution in [0.4, 0.5) is 0 Å². The van der Waals surface area contributed by atoms with E-state index in [9.17, 15) is 51.1 Å². The molecule has 28 heteroatoms. The molecule has 20 atom stereocenters. The van der Waals surface area contributed by atoms with Crippen LogP contribution in [0.25, 0.3) is 0 Å². The molecule has 70 heavy (non-hydrogen) atoms. The fraction of sp³-hybridized carbons (Fsp3) is 0.929. The summed E-state index contributed by atoms with van der Waals surface area (Å²) < 4.78 is 47.0. The van der Waals surface area contributed by atoms with Gasteiger partial charge in [-0.1, -0.05) is 12.8 Å². The number of nitrogens with one attached hydrogen (secondary N) is 6. The zero-order chi connectivity index (χ0) is 50.5. The van der Waals surface area contributed by atoms with E-state index in [2.05, 4.69) is 36.8 Å². The summed E-state index contributed by atoms with van der Waals surface area (Å²) in [5.74, 6) is -1.05. The third-order valence-corrected chi connectivity index (χ3v) is 14.6. The first kappa shape index (κ1) is 57.6. The Hall–Kier alpha value is -1.69. The van der Waals surface area contributed by atoms with E-state index < -0.39 is 136 Å². The van der Waals surface area contributed by atoms with Crippen LogP contribution in [0.15, 0.2) is 0 Å². The smallest absolute Gasteiger partial charge is 0.186 e. The van der Waals surface area contributed by atoms with Gasteiger partial charge in [0, 0.05) is 84.5 Å². The van der Waals surface area contributed by atoms with Crippen LogP contribution in [0.1, 0.15) is 38.5 Å². The maximum atomic E-state index is 11.3. The Balaban J connectivity index is 0.992. The molecule has 12 unspecified atom stereocenters. The lowest BCUT2D eigenvalue weighted by molar-refractivity contribution is -0.355.